The van der Waals surface area contributed by atoms with Crippen molar-refractivity contribution >= 4 is 47.6 Å². The molecule has 36 heavy (non-hydrogen) atoms. The number of hydrogen-bond donors (Lipinski definition) is 1. The lowest BCUT2D eigenvalue weighted by molar-refractivity contribution is -0.131. The van der Waals surface area contributed by atoms with Crippen molar-refractivity contribution in [2.75, 3.05) is 31.6 Å². The zero-order valence-electron chi connectivity index (χ0n) is 21.3. The number of aliphatic carboxylic acids is 1. The molecule has 3 aromatic rings. The highest BCUT2D eigenvalue weighted by molar-refractivity contribution is 7.99. The number of anilines is 2. The van der Waals surface area contributed by atoms with E-state index in [1.54, 1.807) is 19.2 Å². The standard InChI is InChI=1S/C19H24N2S.C10H10O3.ClH/c1-4-20(5-2)15(3)14-21-16-10-6-8-12-18(16)22-19-13-9-7-11-17(19)21;1-13-9-5-3-2-4-8(9)6-7-10(11)12;/h6-13,15H,4-5,14H2,1-3H3;2-7H,1H3,(H,11,12);1H. The summed E-state index contributed by atoms with van der Waals surface area (Å²) in [7, 11) is 1.55. The molecule has 0 fully saturated rings. The Morgan fingerprint density at radius 1 is 0.972 bits per heavy atom. The molecule has 3 aromatic carbocycles. The number of benzene rings is 3. The number of fused-ring (bicyclic) bond motifs is 2. The third-order valence-electron chi connectivity index (χ3n) is 5.96. The first-order valence-corrected chi connectivity index (χ1v) is 12.7. The molecule has 5 nitrogen and oxygen atoms in total. The van der Waals surface area contributed by atoms with Crippen molar-refractivity contribution < 1.29 is 14.6 Å². The molecular formula is C29H35ClN2O3S. The Balaban J connectivity index is 0.000000281. The van der Waals surface area contributed by atoms with E-state index in [9.17, 15) is 4.79 Å². The molecule has 0 saturated heterocycles. The number of methoxy groups -OCH3 is 1. The van der Waals surface area contributed by atoms with Crippen LogP contribution in [0.4, 0.5) is 11.4 Å². The largest absolute Gasteiger partial charge is 0.496 e. The second-order valence-electron chi connectivity index (χ2n) is 8.13. The second-order valence-corrected chi connectivity index (χ2v) is 9.22. The van der Waals surface area contributed by atoms with E-state index in [0.717, 1.165) is 31.3 Å². The fourth-order valence-corrected chi connectivity index (χ4v) is 5.27. The molecule has 1 heterocycles. The van der Waals surface area contributed by atoms with Gasteiger partial charge in [0.15, 0.2) is 0 Å². The zero-order chi connectivity index (χ0) is 25.2. The fraction of sp³-hybridized carbons (Fsp3) is 0.276. The summed E-state index contributed by atoms with van der Waals surface area (Å²) in [6, 6.07) is 25.2. The molecule has 192 valence electrons. The van der Waals surface area contributed by atoms with Gasteiger partial charge in [0.05, 0.1) is 18.5 Å². The van der Waals surface area contributed by atoms with Crippen LogP contribution in [0.3, 0.4) is 0 Å². The van der Waals surface area contributed by atoms with Gasteiger partial charge < -0.3 is 14.7 Å². The van der Waals surface area contributed by atoms with E-state index in [2.05, 4.69) is 79.1 Å². The summed E-state index contributed by atoms with van der Waals surface area (Å²) in [6.07, 6.45) is 2.58. The van der Waals surface area contributed by atoms with Crippen LogP contribution in [0.5, 0.6) is 5.75 Å². The molecule has 1 atom stereocenters. The lowest BCUT2D eigenvalue weighted by Crippen LogP contribution is -2.41. The number of carbonyl (C=O) groups is 1. The van der Waals surface area contributed by atoms with Crippen molar-refractivity contribution in [2.24, 2.45) is 0 Å². The Bertz CT molecular complexity index is 1110. The van der Waals surface area contributed by atoms with Crippen molar-refractivity contribution in [3.05, 3.63) is 84.4 Å². The maximum absolute atomic E-state index is 10.2. The number of nitrogens with zero attached hydrogens (tertiary/aromatic N) is 2. The minimum Gasteiger partial charge on any atom is -0.496 e. The van der Waals surface area contributed by atoms with Gasteiger partial charge in [-0.25, -0.2) is 4.79 Å². The number of carboxylic acids is 1. The molecule has 0 radical (unpaired) electrons. The predicted molar refractivity (Wildman–Crippen MR) is 153 cm³/mol. The third kappa shape index (κ3) is 7.53. The van der Waals surface area contributed by atoms with E-state index in [-0.39, 0.29) is 12.4 Å². The van der Waals surface area contributed by atoms with Gasteiger partial charge in [-0.1, -0.05) is 68.1 Å². The number of ether oxygens (including phenoxy) is 1. The summed E-state index contributed by atoms with van der Waals surface area (Å²) in [4.78, 5) is 18.0. The Labute approximate surface area is 225 Å². The average molecular weight is 527 g/mol. The van der Waals surface area contributed by atoms with Gasteiger partial charge in [-0.15, -0.1) is 12.4 Å². The van der Waals surface area contributed by atoms with Crippen molar-refractivity contribution in [2.45, 2.75) is 36.6 Å². The smallest absolute Gasteiger partial charge is 0.328 e. The average Bonchev–Trinajstić information content (AvgIpc) is 2.88. The number of hydrogen-bond acceptors (Lipinski definition) is 5. The van der Waals surface area contributed by atoms with Crippen LogP contribution in [0.15, 0.2) is 88.7 Å². The third-order valence-corrected chi connectivity index (χ3v) is 7.09. The molecule has 4 rings (SSSR count). The number of carboxylic acid groups (broad SMARTS) is 1. The molecule has 0 saturated carbocycles. The van der Waals surface area contributed by atoms with Gasteiger partial charge in [0.2, 0.25) is 0 Å². The normalized spacial score (nSPS) is 12.6. The first-order chi connectivity index (χ1) is 17.0. The molecule has 1 N–H and O–H groups in total. The number of para-hydroxylation sites is 3. The van der Waals surface area contributed by atoms with Gasteiger partial charge in [-0.3, -0.25) is 4.90 Å². The number of halogens is 1. The van der Waals surface area contributed by atoms with E-state index in [4.69, 9.17) is 9.84 Å². The molecule has 0 amide bonds. The van der Waals surface area contributed by atoms with Crippen molar-refractivity contribution in [1.82, 2.24) is 4.90 Å². The van der Waals surface area contributed by atoms with Crippen LogP contribution in [-0.2, 0) is 4.79 Å². The molecule has 0 aromatic heterocycles. The van der Waals surface area contributed by atoms with Crippen LogP contribution in [0, 0.1) is 0 Å². The van der Waals surface area contributed by atoms with E-state index in [1.165, 1.54) is 27.2 Å². The van der Waals surface area contributed by atoms with Gasteiger partial charge in [0.1, 0.15) is 5.75 Å². The van der Waals surface area contributed by atoms with Crippen LogP contribution in [-0.4, -0.2) is 48.8 Å². The van der Waals surface area contributed by atoms with Gasteiger partial charge in [-0.2, -0.15) is 0 Å². The molecular weight excluding hydrogens is 492 g/mol. The molecule has 1 unspecified atom stereocenters. The van der Waals surface area contributed by atoms with Crippen molar-refractivity contribution in [3.8, 4) is 5.75 Å². The van der Waals surface area contributed by atoms with Crippen LogP contribution in [0.2, 0.25) is 0 Å². The summed E-state index contributed by atoms with van der Waals surface area (Å²) in [5.41, 5.74) is 3.43. The Kier molecular flexibility index (Phi) is 11.9. The van der Waals surface area contributed by atoms with Crippen molar-refractivity contribution in [3.63, 3.8) is 0 Å². The van der Waals surface area contributed by atoms with Crippen LogP contribution in [0.25, 0.3) is 6.08 Å². The summed E-state index contributed by atoms with van der Waals surface area (Å²) in [5.74, 6) is -0.300. The number of rotatable bonds is 8. The summed E-state index contributed by atoms with van der Waals surface area (Å²) < 4.78 is 5.03. The number of likely N-dealkylation sites (N-methyl/N-ethyl adjacent to an activating group) is 1. The highest BCUT2D eigenvalue weighted by Gasteiger charge is 2.25. The summed E-state index contributed by atoms with van der Waals surface area (Å²) in [5, 5.41) is 8.41. The van der Waals surface area contributed by atoms with E-state index in [0.29, 0.717) is 11.8 Å². The molecule has 1 aliphatic heterocycles. The van der Waals surface area contributed by atoms with E-state index < -0.39 is 5.97 Å². The van der Waals surface area contributed by atoms with Crippen LogP contribution in [0.1, 0.15) is 26.3 Å². The maximum Gasteiger partial charge on any atom is 0.328 e. The quantitative estimate of drug-likeness (QED) is 0.312. The lowest BCUT2D eigenvalue weighted by atomic mass is 10.1. The lowest BCUT2D eigenvalue weighted by Gasteiger charge is -2.37. The monoisotopic (exact) mass is 526 g/mol. The highest BCUT2D eigenvalue weighted by Crippen LogP contribution is 2.47. The van der Waals surface area contributed by atoms with Gasteiger partial charge in [-0.05, 0) is 56.4 Å². The summed E-state index contributed by atoms with van der Waals surface area (Å²) in [6.45, 7) is 10.0. The van der Waals surface area contributed by atoms with Crippen LogP contribution >= 0.6 is 24.2 Å². The SMILES string of the molecule is CCN(CC)C(C)CN1c2ccccc2Sc2ccccc21.COc1ccccc1C=CC(=O)O.Cl. The molecule has 1 aliphatic rings. The van der Waals surface area contributed by atoms with Crippen LogP contribution < -0.4 is 9.64 Å². The first kappa shape index (κ1) is 29.3. The van der Waals surface area contributed by atoms with Gasteiger partial charge in [0.25, 0.3) is 0 Å². The van der Waals surface area contributed by atoms with E-state index in [1.807, 2.05) is 23.9 Å². The molecule has 7 heteroatoms. The molecule has 0 aliphatic carbocycles. The fourth-order valence-electron chi connectivity index (χ4n) is 4.17. The topological polar surface area (TPSA) is 53.0 Å². The first-order valence-electron chi connectivity index (χ1n) is 11.9. The minimum atomic E-state index is -0.967. The molecule has 0 spiro atoms. The van der Waals surface area contributed by atoms with Crippen molar-refractivity contribution in [1.29, 1.82) is 0 Å². The highest BCUT2D eigenvalue weighted by atomic mass is 35.5. The predicted octanol–water partition coefficient (Wildman–Crippen LogP) is 7.23. The minimum absolute atomic E-state index is 0. The molecule has 0 bridgehead atoms. The Hall–Kier alpha value is -2.93. The zero-order valence-corrected chi connectivity index (χ0v) is 22.9. The Morgan fingerprint density at radius 2 is 1.50 bits per heavy atom. The second kappa shape index (κ2) is 14.6. The summed E-state index contributed by atoms with van der Waals surface area (Å²) >= 11 is 1.88. The van der Waals surface area contributed by atoms with Gasteiger partial charge in [0, 0.05) is 34.0 Å². The Morgan fingerprint density at radius 3 is 2.03 bits per heavy atom. The van der Waals surface area contributed by atoms with E-state index >= 15 is 0 Å². The van der Waals surface area contributed by atoms with Gasteiger partial charge >= 0.3 is 5.97 Å². The maximum atomic E-state index is 10.2.